The second-order valence-corrected chi connectivity index (χ2v) is 8.63. The van der Waals surface area contributed by atoms with E-state index in [0.717, 1.165) is 12.8 Å². The molecule has 7 heteroatoms. The number of hydrogen-bond acceptors (Lipinski definition) is 3. The maximum Gasteiger partial charge on any atom is 0.246 e. The van der Waals surface area contributed by atoms with Crippen LogP contribution in [-0.4, -0.2) is 25.8 Å². The zero-order chi connectivity index (χ0) is 15.1. The largest absolute Gasteiger partial charge is 0.398 e. The van der Waals surface area contributed by atoms with Crippen LogP contribution < -0.4 is 5.73 Å². The first-order valence-electron chi connectivity index (χ1n) is 6.38. The van der Waals surface area contributed by atoms with E-state index >= 15 is 0 Å². The average molecular weight is 337 g/mol. The van der Waals surface area contributed by atoms with Crippen LogP contribution in [0.4, 0.5) is 5.69 Å². The molecule has 1 aliphatic heterocycles. The van der Waals surface area contributed by atoms with Crippen molar-refractivity contribution in [2.45, 2.75) is 31.6 Å². The molecule has 1 aliphatic rings. The Bertz CT molecular complexity index is 606. The molecule has 1 heterocycles. The van der Waals surface area contributed by atoms with Crippen LogP contribution >= 0.6 is 23.2 Å². The highest BCUT2D eigenvalue weighted by atomic mass is 35.5. The highest BCUT2D eigenvalue weighted by Gasteiger charge is 2.36. The number of halogens is 2. The summed E-state index contributed by atoms with van der Waals surface area (Å²) in [4.78, 5) is -0.0405. The predicted molar refractivity (Wildman–Crippen MR) is 82.6 cm³/mol. The third-order valence-electron chi connectivity index (χ3n) is 3.50. The van der Waals surface area contributed by atoms with Crippen LogP contribution in [0.5, 0.6) is 0 Å². The molecule has 2 N–H and O–H groups in total. The van der Waals surface area contributed by atoms with E-state index in [2.05, 4.69) is 13.8 Å². The molecular weight excluding hydrogens is 319 g/mol. The van der Waals surface area contributed by atoms with Crippen LogP contribution in [0, 0.1) is 5.41 Å². The fourth-order valence-corrected chi connectivity index (χ4v) is 5.17. The van der Waals surface area contributed by atoms with E-state index in [0.29, 0.717) is 18.1 Å². The molecule has 0 aliphatic carbocycles. The monoisotopic (exact) mass is 336 g/mol. The number of piperidine rings is 1. The van der Waals surface area contributed by atoms with Crippen molar-refractivity contribution in [3.05, 3.63) is 22.2 Å². The predicted octanol–water partition coefficient (Wildman–Crippen LogP) is 3.39. The minimum Gasteiger partial charge on any atom is -0.398 e. The Morgan fingerprint density at radius 2 is 1.95 bits per heavy atom. The average Bonchev–Trinajstić information content (AvgIpc) is 2.25. The van der Waals surface area contributed by atoms with Gasteiger partial charge in [-0.15, -0.1) is 0 Å². The number of benzene rings is 1. The minimum atomic E-state index is -3.69. The smallest absolute Gasteiger partial charge is 0.246 e. The molecule has 2 rings (SSSR count). The van der Waals surface area contributed by atoms with Gasteiger partial charge in [-0.1, -0.05) is 37.0 Å². The normalized spacial score (nSPS) is 20.0. The van der Waals surface area contributed by atoms with Crippen molar-refractivity contribution < 1.29 is 8.42 Å². The second-order valence-electron chi connectivity index (χ2n) is 5.91. The molecule has 0 bridgehead atoms. The van der Waals surface area contributed by atoms with Crippen LogP contribution in [0.15, 0.2) is 17.0 Å². The third-order valence-corrected chi connectivity index (χ3v) is 6.09. The summed E-state index contributed by atoms with van der Waals surface area (Å²) in [6, 6.07) is 2.82. The van der Waals surface area contributed by atoms with E-state index in [4.69, 9.17) is 28.9 Å². The van der Waals surface area contributed by atoms with Crippen molar-refractivity contribution in [3.63, 3.8) is 0 Å². The van der Waals surface area contributed by atoms with Gasteiger partial charge in [-0.05, 0) is 30.4 Å². The van der Waals surface area contributed by atoms with Crippen molar-refractivity contribution in [3.8, 4) is 0 Å². The number of rotatable bonds is 2. The van der Waals surface area contributed by atoms with E-state index in [9.17, 15) is 8.42 Å². The summed E-state index contributed by atoms with van der Waals surface area (Å²) in [5, 5.41) is 0.392. The molecule has 0 atom stereocenters. The van der Waals surface area contributed by atoms with Crippen molar-refractivity contribution >= 4 is 38.9 Å². The molecule has 0 spiro atoms. The molecule has 4 nitrogen and oxygen atoms in total. The SMILES string of the molecule is CC1(C)CCCN(S(=O)(=O)c2c(N)cc(Cl)cc2Cl)C1. The lowest BCUT2D eigenvalue weighted by Gasteiger charge is -2.37. The minimum absolute atomic E-state index is 0.0405. The molecule has 112 valence electrons. The van der Waals surface area contributed by atoms with E-state index in [-0.39, 0.29) is 21.0 Å². The van der Waals surface area contributed by atoms with Crippen LogP contribution in [0.2, 0.25) is 10.0 Å². The second kappa shape index (κ2) is 5.37. The van der Waals surface area contributed by atoms with E-state index in [1.54, 1.807) is 0 Å². The highest BCUT2D eigenvalue weighted by Crippen LogP contribution is 2.37. The van der Waals surface area contributed by atoms with Gasteiger partial charge >= 0.3 is 0 Å². The van der Waals surface area contributed by atoms with Crippen LogP contribution in [-0.2, 0) is 10.0 Å². The molecule has 0 unspecified atom stereocenters. The summed E-state index contributed by atoms with van der Waals surface area (Å²) in [7, 11) is -3.69. The van der Waals surface area contributed by atoms with Crippen LogP contribution in [0.1, 0.15) is 26.7 Å². The highest BCUT2D eigenvalue weighted by molar-refractivity contribution is 7.89. The van der Waals surface area contributed by atoms with Gasteiger partial charge in [0.1, 0.15) is 4.90 Å². The van der Waals surface area contributed by atoms with E-state index in [1.165, 1.54) is 16.4 Å². The summed E-state index contributed by atoms with van der Waals surface area (Å²) in [6.45, 7) is 5.07. The zero-order valence-corrected chi connectivity index (χ0v) is 13.8. The third kappa shape index (κ3) is 3.06. The standard InChI is InChI=1S/C13H18Cl2N2O2S/c1-13(2)4-3-5-17(8-13)20(18,19)12-10(15)6-9(14)7-11(12)16/h6-7H,3-5,8,16H2,1-2H3. The zero-order valence-electron chi connectivity index (χ0n) is 11.5. The number of sulfonamides is 1. The number of anilines is 1. The lowest BCUT2D eigenvalue weighted by atomic mass is 9.85. The summed E-state index contributed by atoms with van der Waals surface area (Å²) in [5.41, 5.74) is 5.85. The van der Waals surface area contributed by atoms with Gasteiger partial charge in [-0.3, -0.25) is 0 Å². The quantitative estimate of drug-likeness (QED) is 0.842. The maximum absolute atomic E-state index is 12.7. The molecular formula is C13H18Cl2N2O2S. The first-order chi connectivity index (χ1) is 9.13. The molecule has 0 aromatic heterocycles. The first-order valence-corrected chi connectivity index (χ1v) is 8.58. The van der Waals surface area contributed by atoms with Crippen molar-refractivity contribution in [2.24, 2.45) is 5.41 Å². The van der Waals surface area contributed by atoms with Crippen LogP contribution in [0.3, 0.4) is 0 Å². The fourth-order valence-electron chi connectivity index (χ4n) is 2.56. The number of hydrogen-bond donors (Lipinski definition) is 1. The molecule has 20 heavy (non-hydrogen) atoms. The van der Waals surface area contributed by atoms with E-state index in [1.807, 2.05) is 0 Å². The Kier molecular flexibility index (Phi) is 4.27. The van der Waals surface area contributed by atoms with Gasteiger partial charge in [0, 0.05) is 18.1 Å². The summed E-state index contributed by atoms with van der Waals surface area (Å²) in [6.07, 6.45) is 1.83. The van der Waals surface area contributed by atoms with Gasteiger partial charge in [0.15, 0.2) is 0 Å². The topological polar surface area (TPSA) is 63.4 Å². The number of nitrogens with two attached hydrogens (primary N) is 1. The Labute approximate surface area is 129 Å². The van der Waals surface area contributed by atoms with Crippen molar-refractivity contribution in [2.75, 3.05) is 18.8 Å². The molecule has 0 saturated carbocycles. The van der Waals surface area contributed by atoms with Gasteiger partial charge in [-0.25, -0.2) is 8.42 Å². The van der Waals surface area contributed by atoms with Crippen molar-refractivity contribution in [1.29, 1.82) is 0 Å². The van der Waals surface area contributed by atoms with Gasteiger partial charge in [-0.2, -0.15) is 4.31 Å². The maximum atomic E-state index is 12.7. The summed E-state index contributed by atoms with van der Waals surface area (Å²) < 4.78 is 27.0. The van der Waals surface area contributed by atoms with Gasteiger partial charge in [0.2, 0.25) is 10.0 Å². The number of nitrogen functional groups attached to an aromatic ring is 1. The van der Waals surface area contributed by atoms with Gasteiger partial charge in [0.25, 0.3) is 0 Å². The van der Waals surface area contributed by atoms with Gasteiger partial charge in [0.05, 0.1) is 10.7 Å². The van der Waals surface area contributed by atoms with Gasteiger partial charge < -0.3 is 5.73 Å². The molecule has 1 aromatic carbocycles. The Hall–Kier alpha value is -0.490. The molecule has 1 fully saturated rings. The Balaban J connectivity index is 2.46. The fraction of sp³-hybridized carbons (Fsp3) is 0.538. The molecule has 1 saturated heterocycles. The first kappa shape index (κ1) is 15.9. The Morgan fingerprint density at radius 1 is 1.30 bits per heavy atom. The molecule has 0 amide bonds. The summed E-state index contributed by atoms with van der Waals surface area (Å²) in [5.74, 6) is 0. The lowest BCUT2D eigenvalue weighted by Crippen LogP contribution is -2.43. The van der Waals surface area contributed by atoms with Crippen LogP contribution in [0.25, 0.3) is 0 Å². The van der Waals surface area contributed by atoms with E-state index < -0.39 is 10.0 Å². The summed E-state index contributed by atoms with van der Waals surface area (Å²) >= 11 is 11.9. The molecule has 1 aromatic rings. The van der Waals surface area contributed by atoms with Crippen molar-refractivity contribution in [1.82, 2.24) is 4.31 Å². The Morgan fingerprint density at radius 3 is 2.50 bits per heavy atom. The number of nitrogens with zero attached hydrogens (tertiary/aromatic N) is 1. The lowest BCUT2D eigenvalue weighted by molar-refractivity contribution is 0.187. The molecule has 0 radical (unpaired) electrons.